The first kappa shape index (κ1) is 13.5. The predicted octanol–water partition coefficient (Wildman–Crippen LogP) is 2.89. The van der Waals surface area contributed by atoms with Crippen LogP contribution in [-0.2, 0) is 0 Å². The van der Waals surface area contributed by atoms with Crippen molar-refractivity contribution in [3.8, 4) is 0 Å². The van der Waals surface area contributed by atoms with E-state index in [0.717, 1.165) is 6.92 Å². The SMILES string of the molecule is CC(CO)(CC(F)(F)F)CC(F)(F)F. The van der Waals surface area contributed by atoms with E-state index in [1.807, 2.05) is 0 Å². The number of hydrogen-bond acceptors (Lipinski definition) is 1. The van der Waals surface area contributed by atoms with Crippen molar-refractivity contribution in [2.75, 3.05) is 6.61 Å². The Labute approximate surface area is 76.7 Å². The maximum Gasteiger partial charge on any atom is 0.389 e. The molecule has 0 aromatic rings. The van der Waals surface area contributed by atoms with Crippen molar-refractivity contribution >= 4 is 0 Å². The summed E-state index contributed by atoms with van der Waals surface area (Å²) in [5.74, 6) is 0. The summed E-state index contributed by atoms with van der Waals surface area (Å²) in [6.45, 7) is -0.389. The smallest absolute Gasteiger partial charge is 0.389 e. The lowest BCUT2D eigenvalue weighted by Gasteiger charge is -2.29. The fraction of sp³-hybridized carbons (Fsp3) is 1.00. The van der Waals surface area contributed by atoms with Gasteiger partial charge in [0.2, 0.25) is 0 Å². The number of alkyl halides is 6. The Morgan fingerprint density at radius 1 is 0.857 bits per heavy atom. The summed E-state index contributed by atoms with van der Waals surface area (Å²) in [7, 11) is 0. The van der Waals surface area contributed by atoms with E-state index in [4.69, 9.17) is 5.11 Å². The van der Waals surface area contributed by atoms with Gasteiger partial charge in [0, 0.05) is 12.0 Å². The first-order chi connectivity index (χ1) is 5.97. The highest BCUT2D eigenvalue weighted by Gasteiger charge is 2.45. The topological polar surface area (TPSA) is 20.2 Å². The fourth-order valence-electron chi connectivity index (χ4n) is 1.14. The van der Waals surface area contributed by atoms with Crippen molar-refractivity contribution in [2.24, 2.45) is 5.41 Å². The van der Waals surface area contributed by atoms with Crippen LogP contribution in [0, 0.1) is 5.41 Å². The molecule has 0 aromatic heterocycles. The minimum absolute atomic E-state index is 0.758. The van der Waals surface area contributed by atoms with E-state index in [0.29, 0.717) is 0 Å². The van der Waals surface area contributed by atoms with Crippen molar-refractivity contribution in [3.63, 3.8) is 0 Å². The lowest BCUT2D eigenvalue weighted by molar-refractivity contribution is -0.198. The number of halogens is 6. The minimum atomic E-state index is -4.71. The molecule has 0 bridgehead atoms. The lowest BCUT2D eigenvalue weighted by atomic mass is 9.84. The summed E-state index contributed by atoms with van der Waals surface area (Å²) in [4.78, 5) is 0. The molecule has 0 aliphatic carbocycles. The van der Waals surface area contributed by atoms with Crippen LogP contribution in [-0.4, -0.2) is 24.1 Å². The predicted molar refractivity (Wildman–Crippen MR) is 36.5 cm³/mol. The zero-order valence-corrected chi connectivity index (χ0v) is 7.34. The molecule has 0 atom stereocenters. The van der Waals surface area contributed by atoms with Crippen molar-refractivity contribution in [3.05, 3.63) is 0 Å². The van der Waals surface area contributed by atoms with Gasteiger partial charge in [0.15, 0.2) is 0 Å². The summed E-state index contributed by atoms with van der Waals surface area (Å²) in [5, 5.41) is 8.51. The third-order valence-electron chi connectivity index (χ3n) is 1.64. The Hall–Kier alpha value is -0.460. The van der Waals surface area contributed by atoms with Crippen LogP contribution in [0.25, 0.3) is 0 Å². The van der Waals surface area contributed by atoms with Gasteiger partial charge in [-0.05, 0) is 0 Å². The van der Waals surface area contributed by atoms with Crippen molar-refractivity contribution in [2.45, 2.75) is 32.1 Å². The summed E-state index contributed by atoms with van der Waals surface area (Å²) in [6.07, 6.45) is -12.7. The maximum absolute atomic E-state index is 11.8. The van der Waals surface area contributed by atoms with Crippen LogP contribution < -0.4 is 0 Å². The molecule has 7 heteroatoms. The standard InChI is InChI=1S/C7H10F6O/c1-5(4-14,2-6(8,9)10)3-7(11,12)13/h14H,2-4H2,1H3. The summed E-state index contributed by atoms with van der Waals surface area (Å²) in [6, 6.07) is 0. The van der Waals surface area contributed by atoms with Crippen LogP contribution in [0.5, 0.6) is 0 Å². The zero-order valence-electron chi connectivity index (χ0n) is 7.34. The van der Waals surface area contributed by atoms with Crippen LogP contribution in [0.2, 0.25) is 0 Å². The Balaban J connectivity index is 4.49. The highest BCUT2D eigenvalue weighted by molar-refractivity contribution is 4.79. The molecular formula is C7H10F6O. The number of rotatable bonds is 3. The molecule has 0 amide bonds. The molecule has 0 aliphatic rings. The maximum atomic E-state index is 11.8. The normalized spacial score (nSPS) is 14.6. The third kappa shape index (κ3) is 6.06. The Morgan fingerprint density at radius 3 is 1.29 bits per heavy atom. The van der Waals surface area contributed by atoms with Gasteiger partial charge in [0.05, 0.1) is 12.8 Å². The number of aliphatic hydroxyl groups is 1. The Bertz CT molecular complexity index is 166. The molecule has 14 heavy (non-hydrogen) atoms. The average Bonchev–Trinajstić information content (AvgIpc) is 1.78. The van der Waals surface area contributed by atoms with Gasteiger partial charge in [-0.15, -0.1) is 0 Å². The van der Waals surface area contributed by atoms with Crippen molar-refractivity contribution in [1.29, 1.82) is 0 Å². The Kier molecular flexibility index (Phi) is 3.83. The third-order valence-corrected chi connectivity index (χ3v) is 1.64. The molecule has 1 nitrogen and oxygen atoms in total. The van der Waals surface area contributed by atoms with E-state index in [2.05, 4.69) is 0 Å². The van der Waals surface area contributed by atoms with E-state index in [9.17, 15) is 26.3 Å². The molecule has 0 spiro atoms. The molecule has 0 unspecified atom stereocenters. The second-order valence-electron chi connectivity index (χ2n) is 3.55. The van der Waals surface area contributed by atoms with Crippen LogP contribution in [0.1, 0.15) is 19.8 Å². The molecular weight excluding hydrogens is 214 g/mol. The van der Waals surface area contributed by atoms with E-state index >= 15 is 0 Å². The molecule has 86 valence electrons. The van der Waals surface area contributed by atoms with E-state index < -0.39 is 37.2 Å². The monoisotopic (exact) mass is 224 g/mol. The summed E-state index contributed by atoms with van der Waals surface area (Å²) in [5.41, 5.74) is -2.18. The van der Waals surface area contributed by atoms with E-state index in [1.54, 1.807) is 0 Å². The van der Waals surface area contributed by atoms with Crippen molar-refractivity contribution in [1.82, 2.24) is 0 Å². The quantitative estimate of drug-likeness (QED) is 0.731. The van der Waals surface area contributed by atoms with Crippen LogP contribution in [0.3, 0.4) is 0 Å². The number of aliphatic hydroxyl groups excluding tert-OH is 1. The van der Waals surface area contributed by atoms with E-state index in [-0.39, 0.29) is 0 Å². The summed E-state index contributed by atoms with van der Waals surface area (Å²) < 4.78 is 71.0. The fourth-order valence-corrected chi connectivity index (χ4v) is 1.14. The van der Waals surface area contributed by atoms with Gasteiger partial charge in [-0.2, -0.15) is 26.3 Å². The molecule has 0 radical (unpaired) electrons. The molecule has 0 rings (SSSR count). The van der Waals surface area contributed by atoms with Crippen LogP contribution in [0.15, 0.2) is 0 Å². The average molecular weight is 224 g/mol. The first-order valence-corrected chi connectivity index (χ1v) is 3.72. The highest BCUT2D eigenvalue weighted by Crippen LogP contribution is 2.41. The highest BCUT2D eigenvalue weighted by atomic mass is 19.4. The molecule has 0 aliphatic heterocycles. The van der Waals surface area contributed by atoms with E-state index in [1.165, 1.54) is 0 Å². The summed E-state index contributed by atoms with van der Waals surface area (Å²) >= 11 is 0. The largest absolute Gasteiger partial charge is 0.396 e. The minimum Gasteiger partial charge on any atom is -0.396 e. The molecule has 0 heterocycles. The van der Waals surface area contributed by atoms with Gasteiger partial charge in [0.1, 0.15) is 0 Å². The molecule has 0 saturated carbocycles. The van der Waals surface area contributed by atoms with Crippen LogP contribution in [0.4, 0.5) is 26.3 Å². The Morgan fingerprint density at radius 2 is 1.14 bits per heavy atom. The van der Waals surface area contributed by atoms with Gasteiger partial charge in [0.25, 0.3) is 0 Å². The number of hydrogen-bond donors (Lipinski definition) is 1. The second kappa shape index (κ2) is 3.96. The molecule has 0 fully saturated rings. The lowest BCUT2D eigenvalue weighted by Crippen LogP contribution is -2.33. The second-order valence-corrected chi connectivity index (χ2v) is 3.55. The first-order valence-electron chi connectivity index (χ1n) is 3.72. The molecule has 0 aromatic carbocycles. The van der Waals surface area contributed by atoms with Gasteiger partial charge >= 0.3 is 12.4 Å². The van der Waals surface area contributed by atoms with Gasteiger partial charge < -0.3 is 5.11 Å². The van der Waals surface area contributed by atoms with Crippen molar-refractivity contribution < 1.29 is 31.4 Å². The molecule has 0 saturated heterocycles. The molecule has 1 N–H and O–H groups in total. The van der Waals surface area contributed by atoms with Gasteiger partial charge in [-0.3, -0.25) is 0 Å². The van der Waals surface area contributed by atoms with Gasteiger partial charge in [-0.25, -0.2) is 0 Å². The van der Waals surface area contributed by atoms with Crippen LogP contribution >= 0.6 is 0 Å². The van der Waals surface area contributed by atoms with Gasteiger partial charge in [-0.1, -0.05) is 6.92 Å². The zero-order chi connectivity index (χ0) is 11.6.